The van der Waals surface area contributed by atoms with Gasteiger partial charge in [-0.25, -0.2) is 8.42 Å². The Hall–Kier alpha value is -9.91. The molecule has 1 unspecified atom stereocenters. The summed E-state index contributed by atoms with van der Waals surface area (Å²) >= 11 is 22.7. The first-order valence-electron chi connectivity index (χ1n) is 46.4. The summed E-state index contributed by atoms with van der Waals surface area (Å²) in [4.78, 5) is 72.1. The van der Waals surface area contributed by atoms with Crippen molar-refractivity contribution in [1.29, 1.82) is 0 Å². The molecular weight excluding hydrogens is 2140 g/mol. The number of piperidine rings is 1. The average molecular weight is 2280 g/mol. The van der Waals surface area contributed by atoms with Crippen LogP contribution in [0.2, 0.25) is 10.0 Å². The van der Waals surface area contributed by atoms with Crippen molar-refractivity contribution in [2.45, 2.75) is 129 Å². The predicted octanol–water partition coefficient (Wildman–Crippen LogP) is 15.3. The number of rotatable bonds is 44. The number of halogens is 7. The van der Waals surface area contributed by atoms with Crippen LogP contribution in [0.5, 0.6) is 46.0 Å². The number of ether oxygens (including phenoxy) is 9. The van der Waals surface area contributed by atoms with Crippen molar-refractivity contribution in [3.63, 3.8) is 0 Å². The maximum atomic E-state index is 13.1. The third-order valence-corrected chi connectivity index (χ3v) is 27.2. The van der Waals surface area contributed by atoms with Gasteiger partial charge >= 0.3 is 0 Å². The second-order valence-corrected chi connectivity index (χ2v) is 39.2. The largest absolute Gasteiger partial charge is 0.493 e. The van der Waals surface area contributed by atoms with E-state index in [1.807, 2.05) is 92.8 Å². The van der Waals surface area contributed by atoms with Gasteiger partial charge in [0.2, 0.25) is 15.9 Å². The molecular formula is C102H136Br3Cl4N13O20S. The summed E-state index contributed by atoms with van der Waals surface area (Å²) in [5, 5.41) is 33.2. The average Bonchev–Trinajstić information content (AvgIpc) is 1.28. The molecule has 0 spiro atoms. The zero-order chi connectivity index (χ0) is 101. The van der Waals surface area contributed by atoms with Gasteiger partial charge in [-0.2, -0.15) is 4.31 Å². The van der Waals surface area contributed by atoms with E-state index in [1.165, 1.54) is 55.9 Å². The van der Waals surface area contributed by atoms with Crippen LogP contribution in [-0.4, -0.2) is 198 Å². The van der Waals surface area contributed by atoms with Crippen molar-refractivity contribution in [2.24, 2.45) is 52.5 Å². The van der Waals surface area contributed by atoms with Crippen LogP contribution in [0.3, 0.4) is 0 Å². The molecule has 9 aromatic rings. The van der Waals surface area contributed by atoms with E-state index in [0.717, 1.165) is 143 Å². The van der Waals surface area contributed by atoms with Gasteiger partial charge in [-0.15, -0.1) is 24.8 Å². The minimum atomic E-state index is -3.59. The number of aliphatic hydroxyl groups is 1. The maximum Gasteiger partial charge on any atom is 0.267 e. The van der Waals surface area contributed by atoms with Crippen LogP contribution in [0.25, 0.3) is 16.8 Å². The number of hydrogen-bond donors (Lipinski definition) is 12. The van der Waals surface area contributed by atoms with Crippen LogP contribution in [0.1, 0.15) is 130 Å². The molecule has 4 saturated carbocycles. The number of nitrogens with one attached hydrogen (secondary N) is 7. The summed E-state index contributed by atoms with van der Waals surface area (Å²) < 4.78 is 88.9. The van der Waals surface area contributed by atoms with Crippen LogP contribution in [0, 0.1) is 29.6 Å². The number of furan rings is 2. The van der Waals surface area contributed by atoms with Gasteiger partial charge in [-0.1, -0.05) is 103 Å². The number of fused-ring (bicyclic) bond motifs is 1. The summed E-state index contributed by atoms with van der Waals surface area (Å²) in [7, 11) is 2.94. The summed E-state index contributed by atoms with van der Waals surface area (Å²) in [6, 6.07) is 42.6. The fourth-order valence-corrected chi connectivity index (χ4v) is 20.5. The van der Waals surface area contributed by atoms with E-state index in [0.29, 0.717) is 147 Å². The third-order valence-electron chi connectivity index (χ3n) is 23.1. The normalized spacial score (nSPS) is 16.5. The number of unbranched alkanes of at least 4 members (excludes halogenated alkanes) is 1. The number of carbonyl (C=O) groups is 6. The lowest BCUT2D eigenvalue weighted by Crippen LogP contribution is -2.54. The number of sulfonamides is 1. The number of benzene rings is 7. The summed E-state index contributed by atoms with van der Waals surface area (Å²) in [6.07, 6.45) is 15.5. The predicted molar refractivity (Wildman–Crippen MR) is 571 cm³/mol. The number of aliphatic hydroxyl groups excluding tert-OH is 1. The van der Waals surface area contributed by atoms with Crippen molar-refractivity contribution in [3.05, 3.63) is 233 Å². The highest BCUT2D eigenvalue weighted by atomic mass is 79.9. The van der Waals surface area contributed by atoms with Gasteiger partial charge in [0.1, 0.15) is 23.8 Å². The van der Waals surface area contributed by atoms with Gasteiger partial charge < -0.3 is 117 Å². The molecule has 784 valence electrons. The Kier molecular flexibility index (Phi) is 54.6. The molecule has 6 amide bonds. The molecule has 2 aliphatic heterocycles. The first kappa shape index (κ1) is 122. The summed E-state index contributed by atoms with van der Waals surface area (Å²) in [6.45, 7) is 18.5. The highest BCUT2D eigenvalue weighted by Crippen LogP contribution is 2.54. The quantitative estimate of drug-likeness (QED) is 0.0125. The van der Waals surface area contributed by atoms with E-state index in [4.69, 9.17) is 103 Å². The molecule has 41 heteroatoms. The molecule has 33 nitrogen and oxygen atoms in total. The smallest absolute Gasteiger partial charge is 0.267 e. The Labute approximate surface area is 885 Å². The van der Waals surface area contributed by atoms with Gasteiger partial charge in [-0.05, 0) is 263 Å². The topological polar surface area (TPSA) is 461 Å². The summed E-state index contributed by atoms with van der Waals surface area (Å²) in [5.74, 6) is 6.18. The maximum absolute atomic E-state index is 13.1. The third kappa shape index (κ3) is 40.1. The van der Waals surface area contributed by atoms with Gasteiger partial charge in [0.15, 0.2) is 65.8 Å². The van der Waals surface area contributed by atoms with Crippen LogP contribution < -0.4 is 98.0 Å². The Bertz CT molecular complexity index is 5630. The minimum absolute atomic E-state index is 0. The molecule has 2 aromatic heterocycles. The van der Waals surface area contributed by atoms with E-state index in [2.05, 4.69) is 103 Å². The van der Waals surface area contributed by atoms with Crippen molar-refractivity contribution >= 4 is 158 Å². The molecule has 2 saturated heterocycles. The number of primary amides is 3. The van der Waals surface area contributed by atoms with E-state index >= 15 is 0 Å². The molecule has 4 bridgehead atoms. The number of amides is 6. The Morgan fingerprint density at radius 3 is 1.69 bits per heavy atom. The number of nitrogens with two attached hydrogens (primary N) is 4. The monoisotopic (exact) mass is 2270 g/mol. The molecule has 6 fully saturated rings. The molecule has 143 heavy (non-hydrogen) atoms. The lowest BCUT2D eigenvalue weighted by atomic mass is 9.54. The molecule has 1 atom stereocenters. The van der Waals surface area contributed by atoms with Crippen LogP contribution in [-0.2, 0) is 71.5 Å². The number of hydrogen-bond acceptors (Lipinski definition) is 26. The van der Waals surface area contributed by atoms with E-state index in [-0.39, 0.29) is 89.3 Å². The first-order valence-corrected chi connectivity index (χ1v) is 50.9. The molecule has 6 aliphatic rings. The van der Waals surface area contributed by atoms with Crippen molar-refractivity contribution in [2.75, 3.05) is 134 Å². The number of morpholine rings is 1. The molecule has 0 radical (unpaired) electrons. The lowest BCUT2D eigenvalue weighted by Gasteiger charge is -2.54. The molecule has 15 rings (SSSR count). The van der Waals surface area contributed by atoms with Gasteiger partial charge in [0.25, 0.3) is 29.5 Å². The van der Waals surface area contributed by atoms with Gasteiger partial charge in [-0.3, -0.25) is 33.7 Å². The van der Waals surface area contributed by atoms with E-state index in [1.54, 1.807) is 81.1 Å². The Morgan fingerprint density at radius 2 is 1.13 bits per heavy atom. The van der Waals surface area contributed by atoms with Gasteiger partial charge in [0, 0.05) is 113 Å². The number of nitrogens with zero attached hydrogens (tertiary/aromatic N) is 2. The Balaban J connectivity index is 0.000000263. The van der Waals surface area contributed by atoms with E-state index in [9.17, 15) is 37.2 Å². The van der Waals surface area contributed by atoms with Crippen LogP contribution in [0.4, 0.5) is 0 Å². The number of methoxy groups -OCH3 is 3. The highest BCUT2D eigenvalue weighted by molar-refractivity contribution is 9.11. The highest BCUT2D eigenvalue weighted by Gasteiger charge is 2.48. The van der Waals surface area contributed by atoms with Gasteiger partial charge in [0.05, 0.1) is 90.0 Å². The minimum Gasteiger partial charge on any atom is -0.493 e. The van der Waals surface area contributed by atoms with Crippen molar-refractivity contribution in [3.8, 4) is 46.0 Å². The zero-order valence-electron chi connectivity index (χ0n) is 80.6. The molecule has 7 aromatic carbocycles. The standard InChI is InChI=1S/C20H27ClN2O3.C20H26N2O3S.C17H26BrN3O3.C17H17BrN2O4.C16H19BrN2O4.C11H15ClN2O3.CH4.2ClH/c1-25-17-8-13(7-16(21)20(17)26-10-18(22)24)9-23-19-14-3-11-2-12(5-14)6-15(19)4-11;1-2-3-12-21-20(23)18-9-6-13-22(15-18)26(24,25)19-11-10-16-7-4-5-8-17(16)14-19;1-13(19)12-24-17-15(18)9-14(10-16(17)22-2)11-20-3-4-21-5-7-23-8-6-21;18-13-5-1-4-12(10-13)16(22)20-15(11-14-6-2-9-24-14)17(23)19-7-3-8-21;1-2-21-14-7-11(8-19-9-12-4-3-5-22-12)6-13(17)16(14)23-10-15(18)20;1-14-5-7-3-8(12)11(9(4-7)16-2)17-6-10(13)15;;;/h7-8,11-12,14-15,19,23H,2-6,9-10H2,1H3,(H2,22,24);4-5,7-8,10-11,14,18H,2-3,6,9,12-13,15H2,1H3,(H,21,23);9-10,20H,1,3-8,11-12,19H2,2H3;1-2,4-6,9-11,21H,3,7-8H2,(H,19,23)(H,20,22);3-7,19H,2,8-10H2,1H3,(H2,18,20);3-4,14H,5-6H2,1-2H3,(H2,13,15);1H4;2*1H/b;;;15-11-;;;;;. The van der Waals surface area contributed by atoms with Crippen LogP contribution in [0.15, 0.2) is 197 Å². The first-order chi connectivity index (χ1) is 67.4. The van der Waals surface area contributed by atoms with E-state index < -0.39 is 39.6 Å². The molecule has 4 heterocycles. The summed E-state index contributed by atoms with van der Waals surface area (Å²) in [5.41, 5.74) is 25.9. The fourth-order valence-electron chi connectivity index (χ4n) is 16.8. The second kappa shape index (κ2) is 64.2. The van der Waals surface area contributed by atoms with Crippen LogP contribution >= 0.6 is 95.8 Å². The number of carbonyl (C=O) groups excluding carboxylic acids is 6. The molecule has 16 N–H and O–H groups in total. The SMILES string of the molecule is C.C=C(N)COc1c(Br)cc(CNCCN2CCOCC2)cc1OC.CCCCNC(=O)C1CCCN(S(=O)(=O)c2ccc3ccccc3c2)C1.CCOc1cc(CNCc2ccco2)cc(Br)c1OCC(N)=O.CNCc1cc(Cl)c(OCC(N)=O)c(OC)c1.COc1cc(CNC2C3CC4CC(C3)CC2C4)cc(Cl)c1OCC(N)=O.Cl.Cl.O=C(NCCCO)/C(=C/c1ccco1)NC(=O)c1cccc(Br)c1. The zero-order valence-corrected chi connectivity index (χ0v) is 89.3. The second-order valence-electron chi connectivity index (χ2n) is 33.8. The fraction of sp³-hybridized carbons (Fsp3) is 0.431. The lowest BCUT2D eigenvalue weighted by molar-refractivity contribution is -0.126. The Morgan fingerprint density at radius 1 is 0.580 bits per heavy atom. The molecule has 4 aliphatic carbocycles. The van der Waals surface area contributed by atoms with Crippen molar-refractivity contribution in [1.82, 2.24) is 46.4 Å². The van der Waals surface area contributed by atoms with Crippen molar-refractivity contribution < 1.29 is 93.8 Å².